The fraction of sp³-hybridized carbons (Fsp3) is 0.100. The lowest BCUT2D eigenvalue weighted by Gasteiger charge is -2.12. The number of fused-ring (bicyclic) bond motifs is 1. The number of anilines is 1. The van der Waals surface area contributed by atoms with Crippen molar-refractivity contribution in [3.8, 4) is 0 Å². The van der Waals surface area contributed by atoms with E-state index in [0.29, 0.717) is 5.15 Å². The molecule has 1 heterocycles. The van der Waals surface area contributed by atoms with Gasteiger partial charge < -0.3 is 0 Å². The van der Waals surface area contributed by atoms with Crippen molar-refractivity contribution in [1.82, 2.24) is 4.98 Å². The van der Waals surface area contributed by atoms with Gasteiger partial charge in [0, 0.05) is 30.3 Å². The fourth-order valence-corrected chi connectivity index (χ4v) is 1.71. The smallest absolute Gasteiger partial charge is 0.131 e. The highest BCUT2D eigenvalue weighted by Gasteiger charge is 2.06. The van der Waals surface area contributed by atoms with Crippen LogP contribution in [0.2, 0.25) is 5.15 Å². The van der Waals surface area contributed by atoms with Crippen molar-refractivity contribution in [3.05, 3.63) is 35.5 Å². The van der Waals surface area contributed by atoms with Gasteiger partial charge in [-0.3, -0.25) is 4.42 Å². The minimum atomic E-state index is 0.450. The van der Waals surface area contributed by atoms with E-state index in [9.17, 15) is 0 Å². The predicted molar refractivity (Wildman–Crippen MR) is 61.0 cm³/mol. The van der Waals surface area contributed by atoms with Gasteiger partial charge in [-0.15, -0.1) is 0 Å². The first-order valence-corrected chi connectivity index (χ1v) is 4.85. The van der Waals surface area contributed by atoms with Crippen molar-refractivity contribution in [2.45, 2.75) is 0 Å². The molecule has 0 amide bonds. The van der Waals surface area contributed by atoms with Crippen molar-refractivity contribution in [2.75, 3.05) is 11.5 Å². The third kappa shape index (κ3) is 1.63. The molecule has 0 unspecified atom stereocenters. The van der Waals surface area contributed by atoms with Crippen molar-refractivity contribution in [3.63, 3.8) is 0 Å². The van der Waals surface area contributed by atoms with Crippen LogP contribution in [0.5, 0.6) is 0 Å². The Balaban J connectivity index is 2.80. The van der Waals surface area contributed by atoms with Crippen LogP contribution < -0.4 is 4.42 Å². The summed E-state index contributed by atoms with van der Waals surface area (Å²) in [6.45, 7) is 0. The van der Waals surface area contributed by atoms with E-state index in [4.69, 9.17) is 23.4 Å². The quantitative estimate of drug-likeness (QED) is 0.547. The molecule has 0 spiro atoms. The van der Waals surface area contributed by atoms with E-state index < -0.39 is 0 Å². The second-order valence-corrected chi connectivity index (χ2v) is 3.85. The molecule has 0 fully saturated rings. The van der Waals surface area contributed by atoms with Crippen molar-refractivity contribution in [2.24, 2.45) is 0 Å². The normalized spacial score (nSPS) is 10.5. The number of aromatic nitrogens is 1. The number of hydrogen-bond acceptors (Lipinski definition) is 2. The minimum absolute atomic E-state index is 0.450. The van der Waals surface area contributed by atoms with E-state index in [2.05, 4.69) is 4.98 Å². The Bertz CT molecular complexity index is 469. The van der Waals surface area contributed by atoms with E-state index in [0.717, 1.165) is 16.6 Å². The van der Waals surface area contributed by atoms with Crippen LogP contribution in [0.3, 0.4) is 0 Å². The van der Waals surface area contributed by atoms with Crippen LogP contribution in [0, 0.1) is 0 Å². The van der Waals surface area contributed by atoms with Crippen molar-refractivity contribution >= 4 is 40.0 Å². The zero-order valence-electron chi connectivity index (χ0n) is 7.54. The van der Waals surface area contributed by atoms with E-state index in [1.54, 1.807) is 13.1 Å². The van der Waals surface area contributed by atoms with Gasteiger partial charge in [0.1, 0.15) is 5.15 Å². The average Bonchev–Trinajstić information content (AvgIpc) is 2.16. The highest BCUT2D eigenvalue weighted by Crippen LogP contribution is 2.28. The fourth-order valence-electron chi connectivity index (χ4n) is 1.38. The van der Waals surface area contributed by atoms with Crippen LogP contribution >= 0.6 is 23.4 Å². The van der Waals surface area contributed by atoms with Crippen molar-refractivity contribution in [1.29, 1.82) is 0 Å². The molecule has 0 aliphatic carbocycles. The van der Waals surface area contributed by atoms with E-state index >= 15 is 0 Å². The summed E-state index contributed by atoms with van der Waals surface area (Å²) < 4.78 is 1.51. The summed E-state index contributed by atoms with van der Waals surface area (Å²) in [6, 6.07) is 9.49. The maximum atomic E-state index is 5.90. The highest BCUT2D eigenvalue weighted by molar-refractivity contribution is 6.31. The van der Waals surface area contributed by atoms with Gasteiger partial charge in [0.05, 0.1) is 11.2 Å². The highest BCUT2D eigenvalue weighted by atomic mass is 35.5. The standard InChI is InChI=1S/C10H8Cl2N2/c1-14(12)9-6-10(11)13-8-5-3-2-4-7(8)9/h2-6H,1H3. The van der Waals surface area contributed by atoms with Gasteiger partial charge in [0.2, 0.25) is 0 Å². The van der Waals surface area contributed by atoms with Crippen LogP contribution in [0.25, 0.3) is 10.9 Å². The van der Waals surface area contributed by atoms with Crippen LogP contribution in [0.4, 0.5) is 5.69 Å². The molecule has 0 aliphatic rings. The summed E-state index contributed by atoms with van der Waals surface area (Å²) in [6.07, 6.45) is 0. The van der Waals surface area contributed by atoms with Gasteiger partial charge in [0.15, 0.2) is 0 Å². The molecule has 0 atom stereocenters. The number of benzene rings is 1. The topological polar surface area (TPSA) is 16.1 Å². The Morgan fingerprint density at radius 3 is 2.71 bits per heavy atom. The number of para-hydroxylation sites is 1. The summed E-state index contributed by atoms with van der Waals surface area (Å²) in [7, 11) is 1.76. The molecule has 1 aromatic carbocycles. The second kappa shape index (κ2) is 3.64. The summed E-state index contributed by atoms with van der Waals surface area (Å²) in [5, 5.41) is 1.45. The molecule has 1 aromatic heterocycles. The molecule has 0 radical (unpaired) electrons. The Hall–Kier alpha value is -0.990. The summed E-state index contributed by atoms with van der Waals surface area (Å²) >= 11 is 11.8. The number of pyridine rings is 1. The zero-order valence-corrected chi connectivity index (χ0v) is 9.05. The Morgan fingerprint density at radius 1 is 1.29 bits per heavy atom. The third-order valence-electron chi connectivity index (χ3n) is 2.00. The van der Waals surface area contributed by atoms with Gasteiger partial charge in [-0.25, -0.2) is 4.98 Å². The summed E-state index contributed by atoms with van der Waals surface area (Å²) in [4.78, 5) is 4.20. The molecule has 0 saturated heterocycles. The van der Waals surface area contributed by atoms with E-state index in [-0.39, 0.29) is 0 Å². The molecule has 14 heavy (non-hydrogen) atoms. The first-order chi connectivity index (χ1) is 6.68. The van der Waals surface area contributed by atoms with Gasteiger partial charge in [0.25, 0.3) is 0 Å². The molecule has 0 aliphatic heterocycles. The third-order valence-corrected chi connectivity index (χ3v) is 2.37. The molecule has 0 saturated carbocycles. The van der Waals surface area contributed by atoms with Gasteiger partial charge in [-0.05, 0) is 6.07 Å². The lowest BCUT2D eigenvalue weighted by Crippen LogP contribution is -2.01. The number of hydrogen-bond donors (Lipinski definition) is 0. The maximum Gasteiger partial charge on any atom is 0.131 e. The molecule has 2 nitrogen and oxygen atoms in total. The minimum Gasteiger partial charge on any atom is -0.288 e. The molecule has 72 valence electrons. The maximum absolute atomic E-state index is 5.90. The van der Waals surface area contributed by atoms with E-state index in [1.807, 2.05) is 24.3 Å². The summed E-state index contributed by atoms with van der Waals surface area (Å²) in [5.74, 6) is 0. The van der Waals surface area contributed by atoms with Crippen molar-refractivity contribution < 1.29 is 0 Å². The zero-order chi connectivity index (χ0) is 10.1. The SMILES string of the molecule is CN(Cl)c1cc(Cl)nc2ccccc12. The molecular weight excluding hydrogens is 219 g/mol. The summed E-state index contributed by atoms with van der Waals surface area (Å²) in [5.41, 5.74) is 1.71. The first kappa shape index (κ1) is 9.56. The van der Waals surface area contributed by atoms with Gasteiger partial charge in [-0.1, -0.05) is 29.8 Å². The predicted octanol–water partition coefficient (Wildman–Crippen LogP) is 3.48. The Labute approximate surface area is 92.2 Å². The lowest BCUT2D eigenvalue weighted by molar-refractivity contribution is 1.32. The van der Waals surface area contributed by atoms with Crippen LogP contribution in [0.15, 0.2) is 30.3 Å². The second-order valence-electron chi connectivity index (χ2n) is 2.96. The van der Waals surface area contributed by atoms with Crippen LogP contribution in [-0.2, 0) is 0 Å². The Kier molecular flexibility index (Phi) is 2.48. The lowest BCUT2D eigenvalue weighted by atomic mass is 10.2. The molecule has 2 aromatic rings. The number of nitrogens with zero attached hydrogens (tertiary/aromatic N) is 2. The number of rotatable bonds is 1. The Morgan fingerprint density at radius 2 is 2.00 bits per heavy atom. The largest absolute Gasteiger partial charge is 0.288 e. The first-order valence-electron chi connectivity index (χ1n) is 4.13. The van der Waals surface area contributed by atoms with E-state index in [1.165, 1.54) is 4.42 Å². The molecule has 0 N–H and O–H groups in total. The monoisotopic (exact) mass is 226 g/mol. The van der Waals surface area contributed by atoms with Gasteiger partial charge >= 0.3 is 0 Å². The molecule has 2 rings (SSSR count). The number of halogens is 2. The average molecular weight is 227 g/mol. The molecule has 4 heteroatoms. The van der Waals surface area contributed by atoms with Crippen LogP contribution in [0.1, 0.15) is 0 Å². The van der Waals surface area contributed by atoms with Crippen LogP contribution in [-0.4, -0.2) is 12.0 Å². The molecular formula is C10H8Cl2N2. The van der Waals surface area contributed by atoms with Gasteiger partial charge in [-0.2, -0.15) is 0 Å². The molecule has 0 bridgehead atoms.